The third-order valence-corrected chi connectivity index (χ3v) is 5.61. The first-order valence-electron chi connectivity index (χ1n) is 9.78. The second-order valence-corrected chi connectivity index (χ2v) is 7.84. The lowest BCUT2D eigenvalue weighted by Crippen LogP contribution is -2.35. The Bertz CT molecular complexity index is 1220. The summed E-state index contributed by atoms with van der Waals surface area (Å²) in [6.07, 6.45) is -5.01. The molecule has 1 saturated heterocycles. The van der Waals surface area contributed by atoms with E-state index >= 15 is 0 Å². The number of hydrogen-bond acceptors (Lipinski definition) is 6. The van der Waals surface area contributed by atoms with E-state index < -0.39 is 23.1 Å². The third-order valence-electron chi connectivity index (χ3n) is 5.19. The highest BCUT2D eigenvalue weighted by Crippen LogP contribution is 2.40. The number of benzene rings is 2. The van der Waals surface area contributed by atoms with Gasteiger partial charge < -0.3 is 19.0 Å². The largest absolute Gasteiger partial charge is 0.507 e. The molecule has 0 unspecified atom stereocenters. The van der Waals surface area contributed by atoms with E-state index in [1.165, 1.54) is 30.3 Å². The minimum atomic E-state index is -5.01. The van der Waals surface area contributed by atoms with Crippen LogP contribution in [0, 0.1) is 6.92 Å². The highest BCUT2D eigenvalue weighted by Gasteiger charge is 2.41. The van der Waals surface area contributed by atoms with Crippen LogP contribution < -0.4 is 10.2 Å². The van der Waals surface area contributed by atoms with Gasteiger partial charge >= 0.3 is 6.18 Å². The van der Waals surface area contributed by atoms with E-state index in [-0.39, 0.29) is 34.6 Å². The molecule has 0 bridgehead atoms. The lowest BCUT2D eigenvalue weighted by molar-refractivity contribution is -0.154. The molecule has 0 radical (unpaired) electrons. The van der Waals surface area contributed by atoms with Crippen LogP contribution in [0.15, 0.2) is 39.5 Å². The Morgan fingerprint density at radius 1 is 1.19 bits per heavy atom. The number of fused-ring (bicyclic) bond motifs is 1. The van der Waals surface area contributed by atoms with Gasteiger partial charge in [0.1, 0.15) is 17.1 Å². The van der Waals surface area contributed by atoms with Crippen LogP contribution in [0.3, 0.4) is 0 Å². The molecule has 6 nitrogen and oxygen atoms in total. The molecule has 1 N–H and O–H groups in total. The Labute approximate surface area is 185 Å². The van der Waals surface area contributed by atoms with Gasteiger partial charge in [0, 0.05) is 24.7 Å². The zero-order valence-corrected chi connectivity index (χ0v) is 17.7. The van der Waals surface area contributed by atoms with Gasteiger partial charge in [-0.1, -0.05) is 11.6 Å². The lowest BCUT2D eigenvalue weighted by Gasteiger charge is -2.27. The molecule has 0 spiro atoms. The Balaban J connectivity index is 1.87. The third kappa shape index (κ3) is 4.41. The fourth-order valence-electron chi connectivity index (χ4n) is 3.50. The number of aryl methyl sites for hydroxylation is 1. The average Bonchev–Trinajstić information content (AvgIpc) is 2.74. The fourth-order valence-corrected chi connectivity index (χ4v) is 3.62. The van der Waals surface area contributed by atoms with Gasteiger partial charge in [-0.25, -0.2) is 0 Å². The van der Waals surface area contributed by atoms with E-state index in [1.807, 2.05) is 4.90 Å². The minimum absolute atomic E-state index is 0.0105. The molecule has 0 amide bonds. The molecule has 10 heteroatoms. The SMILES string of the molecule is Cc1cc(Oc2c(C(F)(F)F)oc3c(CN4CCOCC4)c(O)ccc3c2=O)ccc1Cl. The van der Waals surface area contributed by atoms with Gasteiger partial charge in [0.25, 0.3) is 5.76 Å². The summed E-state index contributed by atoms with van der Waals surface area (Å²) in [5, 5.41) is 10.6. The molecule has 1 aliphatic rings. The van der Waals surface area contributed by atoms with Crippen molar-refractivity contribution in [3.63, 3.8) is 0 Å². The maximum atomic E-state index is 13.9. The monoisotopic (exact) mass is 469 g/mol. The standard InChI is InChI=1S/C22H19ClF3NO5/c1-12-10-13(2-4-16(12)23)31-20-18(29)14-3-5-17(28)15(11-27-6-8-30-9-7-27)19(14)32-21(20)22(24,25)26/h2-5,10,28H,6-9,11H2,1H3. The predicted octanol–water partition coefficient (Wildman–Crippen LogP) is 5.10. The van der Waals surface area contributed by atoms with Gasteiger partial charge in [0.2, 0.25) is 11.2 Å². The van der Waals surface area contributed by atoms with Crippen molar-refractivity contribution >= 4 is 22.6 Å². The average molecular weight is 470 g/mol. The summed E-state index contributed by atoms with van der Waals surface area (Å²) in [5.74, 6) is -2.80. The first-order valence-corrected chi connectivity index (χ1v) is 10.2. The molecule has 32 heavy (non-hydrogen) atoms. The fraction of sp³-hybridized carbons (Fsp3) is 0.318. The van der Waals surface area contributed by atoms with Crippen LogP contribution in [0.5, 0.6) is 17.2 Å². The summed E-state index contributed by atoms with van der Waals surface area (Å²) in [4.78, 5) is 15.0. The van der Waals surface area contributed by atoms with Crippen LogP contribution >= 0.6 is 11.6 Å². The molecule has 2 aromatic carbocycles. The van der Waals surface area contributed by atoms with Gasteiger partial charge in [0.15, 0.2) is 0 Å². The Morgan fingerprint density at radius 3 is 2.56 bits per heavy atom. The van der Waals surface area contributed by atoms with Crippen LogP contribution in [-0.4, -0.2) is 36.3 Å². The van der Waals surface area contributed by atoms with Gasteiger partial charge in [-0.05, 0) is 42.8 Å². The Morgan fingerprint density at radius 2 is 1.91 bits per heavy atom. The Kier molecular flexibility index (Phi) is 6.07. The second-order valence-electron chi connectivity index (χ2n) is 7.43. The van der Waals surface area contributed by atoms with Gasteiger partial charge in [0.05, 0.1) is 24.2 Å². The summed E-state index contributed by atoms with van der Waals surface area (Å²) >= 11 is 5.96. The van der Waals surface area contributed by atoms with Crippen molar-refractivity contribution in [2.24, 2.45) is 0 Å². The molecule has 0 saturated carbocycles. The highest BCUT2D eigenvalue weighted by molar-refractivity contribution is 6.31. The van der Waals surface area contributed by atoms with Crippen LogP contribution in [0.1, 0.15) is 16.9 Å². The molecule has 0 aliphatic carbocycles. The maximum absolute atomic E-state index is 13.9. The zero-order chi connectivity index (χ0) is 23.0. The normalized spacial score (nSPS) is 15.3. The lowest BCUT2D eigenvalue weighted by atomic mass is 10.1. The number of rotatable bonds is 4. The molecule has 1 aromatic heterocycles. The quantitative estimate of drug-likeness (QED) is 0.573. The number of alkyl halides is 3. The smallest absolute Gasteiger partial charge is 0.453 e. The number of aromatic hydroxyl groups is 1. The number of phenols is 1. The van der Waals surface area contributed by atoms with Crippen molar-refractivity contribution in [3.05, 3.63) is 62.5 Å². The van der Waals surface area contributed by atoms with Crippen molar-refractivity contribution in [1.82, 2.24) is 4.90 Å². The molecule has 4 rings (SSSR count). The molecule has 0 atom stereocenters. The molecule has 2 heterocycles. The number of nitrogens with zero attached hydrogens (tertiary/aromatic N) is 1. The molecular formula is C22H19ClF3NO5. The molecule has 1 fully saturated rings. The van der Waals surface area contributed by atoms with Crippen molar-refractivity contribution in [3.8, 4) is 17.2 Å². The summed E-state index contributed by atoms with van der Waals surface area (Å²) in [6, 6.07) is 6.73. The molecule has 1 aliphatic heterocycles. The molecule has 3 aromatic rings. The van der Waals surface area contributed by atoms with Crippen LogP contribution in [0.25, 0.3) is 11.0 Å². The van der Waals surface area contributed by atoms with Crippen LogP contribution in [0.4, 0.5) is 13.2 Å². The Hall–Kier alpha value is -2.75. The van der Waals surface area contributed by atoms with Gasteiger partial charge in [-0.2, -0.15) is 13.2 Å². The number of halogens is 4. The summed E-state index contributed by atoms with van der Waals surface area (Å²) in [7, 11) is 0. The minimum Gasteiger partial charge on any atom is -0.507 e. The van der Waals surface area contributed by atoms with E-state index in [2.05, 4.69) is 0 Å². The van der Waals surface area contributed by atoms with E-state index in [9.17, 15) is 23.1 Å². The van der Waals surface area contributed by atoms with Crippen molar-refractivity contribution in [2.45, 2.75) is 19.6 Å². The van der Waals surface area contributed by atoms with Crippen molar-refractivity contribution in [2.75, 3.05) is 26.3 Å². The van der Waals surface area contributed by atoms with Crippen molar-refractivity contribution < 1.29 is 32.2 Å². The van der Waals surface area contributed by atoms with E-state index in [4.69, 9.17) is 25.5 Å². The molecular weight excluding hydrogens is 451 g/mol. The summed E-state index contributed by atoms with van der Waals surface area (Å²) < 4.78 is 57.5. The van der Waals surface area contributed by atoms with E-state index in [0.29, 0.717) is 36.9 Å². The topological polar surface area (TPSA) is 72.1 Å². The second kappa shape index (κ2) is 8.65. The number of morpholine rings is 1. The molecule has 170 valence electrons. The van der Waals surface area contributed by atoms with E-state index in [0.717, 1.165) is 0 Å². The summed E-state index contributed by atoms with van der Waals surface area (Å²) in [5.41, 5.74) is -0.649. The number of hydrogen-bond donors (Lipinski definition) is 1. The van der Waals surface area contributed by atoms with Gasteiger partial charge in [-0.15, -0.1) is 0 Å². The predicted molar refractivity (Wildman–Crippen MR) is 112 cm³/mol. The highest BCUT2D eigenvalue weighted by atomic mass is 35.5. The van der Waals surface area contributed by atoms with Crippen molar-refractivity contribution in [1.29, 1.82) is 0 Å². The van der Waals surface area contributed by atoms with Crippen LogP contribution in [-0.2, 0) is 17.5 Å². The zero-order valence-electron chi connectivity index (χ0n) is 17.0. The summed E-state index contributed by atoms with van der Waals surface area (Å²) in [6.45, 7) is 3.74. The first kappa shape index (κ1) is 22.4. The van der Waals surface area contributed by atoms with E-state index in [1.54, 1.807) is 6.92 Å². The number of phenolic OH excluding ortho intramolecular Hbond substituents is 1. The first-order chi connectivity index (χ1) is 15.1. The maximum Gasteiger partial charge on any atom is 0.453 e. The van der Waals surface area contributed by atoms with Gasteiger partial charge in [-0.3, -0.25) is 9.69 Å². The van der Waals surface area contributed by atoms with Crippen LogP contribution in [0.2, 0.25) is 5.02 Å². The number of ether oxygens (including phenoxy) is 2.